The highest BCUT2D eigenvalue weighted by atomic mass is 79.9. The predicted octanol–water partition coefficient (Wildman–Crippen LogP) is 4.46. The van der Waals surface area contributed by atoms with Crippen LogP contribution in [-0.2, 0) is 14.3 Å². The normalized spacial score (nSPS) is 11.0. The van der Waals surface area contributed by atoms with Gasteiger partial charge in [-0.15, -0.1) is 0 Å². The van der Waals surface area contributed by atoms with E-state index in [0.29, 0.717) is 11.3 Å². The number of carbonyl (C=O) groups excluding carboxylic acids is 3. The average molecular weight is 430 g/mol. The van der Waals surface area contributed by atoms with Crippen molar-refractivity contribution in [3.05, 3.63) is 75.8 Å². The smallest absolute Gasteiger partial charge is 0.310 e. The molecule has 2 aromatic rings. The zero-order valence-electron chi connectivity index (χ0n) is 15.1. The molecule has 0 radical (unpaired) electrons. The Morgan fingerprint density at radius 1 is 1.04 bits per heavy atom. The Kier molecular flexibility index (Phi) is 7.49. The van der Waals surface area contributed by atoms with E-state index in [0.717, 1.165) is 10.0 Å². The molecule has 0 heterocycles. The van der Waals surface area contributed by atoms with Crippen LogP contribution in [0.3, 0.4) is 0 Å². The molecule has 2 rings (SSSR count). The van der Waals surface area contributed by atoms with Gasteiger partial charge < -0.3 is 10.1 Å². The maximum absolute atomic E-state index is 12.6. The molecule has 2 aromatic carbocycles. The second-order valence-corrected chi connectivity index (χ2v) is 6.76. The fraction of sp³-hybridized carbons (Fsp3) is 0.190. The van der Waals surface area contributed by atoms with Crippen molar-refractivity contribution in [1.29, 1.82) is 0 Å². The van der Waals surface area contributed by atoms with E-state index >= 15 is 0 Å². The number of esters is 1. The average Bonchev–Trinajstić information content (AvgIpc) is 2.63. The summed E-state index contributed by atoms with van der Waals surface area (Å²) in [6.45, 7) is 3.82. The third-order valence-corrected chi connectivity index (χ3v) is 4.20. The maximum atomic E-state index is 12.6. The number of anilines is 1. The van der Waals surface area contributed by atoms with Crippen molar-refractivity contribution in [2.75, 3.05) is 11.9 Å². The van der Waals surface area contributed by atoms with Gasteiger partial charge in [0.25, 0.3) is 5.91 Å². The van der Waals surface area contributed by atoms with Crippen LogP contribution in [0, 0.1) is 6.92 Å². The second kappa shape index (κ2) is 9.83. The predicted molar refractivity (Wildman–Crippen MR) is 108 cm³/mol. The summed E-state index contributed by atoms with van der Waals surface area (Å²) in [6, 6.07) is 14.0. The van der Waals surface area contributed by atoms with Crippen LogP contribution in [-0.4, -0.2) is 24.3 Å². The largest absolute Gasteiger partial charge is 0.466 e. The van der Waals surface area contributed by atoms with Gasteiger partial charge in [0, 0.05) is 21.3 Å². The van der Waals surface area contributed by atoms with Crippen LogP contribution < -0.4 is 5.32 Å². The van der Waals surface area contributed by atoms with Crippen LogP contribution in [0.15, 0.2) is 64.7 Å². The minimum Gasteiger partial charge on any atom is -0.466 e. The molecule has 5 nitrogen and oxygen atoms in total. The van der Waals surface area contributed by atoms with E-state index in [2.05, 4.69) is 21.2 Å². The molecule has 6 heteroatoms. The fourth-order valence-electron chi connectivity index (χ4n) is 2.27. The molecule has 0 bridgehead atoms. The minimum absolute atomic E-state index is 0.0435. The van der Waals surface area contributed by atoms with Crippen molar-refractivity contribution in [3.8, 4) is 0 Å². The second-order valence-electron chi connectivity index (χ2n) is 5.84. The number of rotatable bonds is 7. The van der Waals surface area contributed by atoms with Gasteiger partial charge in [-0.2, -0.15) is 0 Å². The summed E-state index contributed by atoms with van der Waals surface area (Å²) in [4.78, 5) is 37.0. The van der Waals surface area contributed by atoms with Gasteiger partial charge in [-0.25, -0.2) is 0 Å². The number of halogens is 1. The SMILES string of the molecule is CCOC(=O)C/C(=C\C(=O)c1ccc(Br)cc1)C(=O)Nc1ccc(C)cc1. The highest BCUT2D eigenvalue weighted by Crippen LogP contribution is 2.15. The van der Waals surface area contributed by atoms with Crippen molar-refractivity contribution in [2.24, 2.45) is 0 Å². The van der Waals surface area contributed by atoms with Crippen molar-refractivity contribution < 1.29 is 19.1 Å². The van der Waals surface area contributed by atoms with E-state index in [4.69, 9.17) is 4.74 Å². The third kappa shape index (κ3) is 6.49. The molecule has 0 aliphatic carbocycles. The van der Waals surface area contributed by atoms with E-state index in [1.165, 1.54) is 6.08 Å². The molecule has 0 atom stereocenters. The van der Waals surface area contributed by atoms with Crippen molar-refractivity contribution in [1.82, 2.24) is 0 Å². The first kappa shape index (κ1) is 20.6. The molecule has 140 valence electrons. The standard InChI is InChI=1S/C21H20BrNO4/c1-3-27-20(25)13-16(12-19(24)15-6-8-17(22)9-7-15)21(26)23-18-10-4-14(2)5-11-18/h4-12H,3,13H2,1-2H3,(H,23,26)/b16-12+. The van der Waals surface area contributed by atoms with Gasteiger partial charge in [0.2, 0.25) is 0 Å². The van der Waals surface area contributed by atoms with Crippen LogP contribution in [0.1, 0.15) is 29.3 Å². The highest BCUT2D eigenvalue weighted by molar-refractivity contribution is 9.10. The quantitative estimate of drug-likeness (QED) is 0.400. The van der Waals surface area contributed by atoms with Crippen LogP contribution in [0.25, 0.3) is 0 Å². The van der Waals surface area contributed by atoms with Crippen LogP contribution in [0.5, 0.6) is 0 Å². The molecular weight excluding hydrogens is 410 g/mol. The fourth-order valence-corrected chi connectivity index (χ4v) is 2.53. The number of nitrogens with one attached hydrogen (secondary N) is 1. The summed E-state index contributed by atoms with van der Waals surface area (Å²) in [6.07, 6.45) is 0.900. The Morgan fingerprint density at radius 3 is 2.26 bits per heavy atom. The lowest BCUT2D eigenvalue weighted by atomic mass is 10.1. The van der Waals surface area contributed by atoms with Gasteiger partial charge in [-0.3, -0.25) is 14.4 Å². The lowest BCUT2D eigenvalue weighted by molar-refractivity contribution is -0.142. The Morgan fingerprint density at radius 2 is 1.67 bits per heavy atom. The zero-order chi connectivity index (χ0) is 19.8. The molecule has 27 heavy (non-hydrogen) atoms. The van der Waals surface area contributed by atoms with E-state index in [-0.39, 0.29) is 24.4 Å². The van der Waals surface area contributed by atoms with E-state index in [9.17, 15) is 14.4 Å². The monoisotopic (exact) mass is 429 g/mol. The zero-order valence-corrected chi connectivity index (χ0v) is 16.7. The number of hydrogen-bond acceptors (Lipinski definition) is 4. The van der Waals surface area contributed by atoms with Crippen LogP contribution >= 0.6 is 15.9 Å². The number of ketones is 1. The number of aryl methyl sites for hydroxylation is 1. The minimum atomic E-state index is -0.564. The Balaban J connectivity index is 2.24. The topological polar surface area (TPSA) is 72.5 Å². The third-order valence-electron chi connectivity index (χ3n) is 3.68. The van der Waals surface area contributed by atoms with E-state index in [1.54, 1.807) is 43.3 Å². The van der Waals surface area contributed by atoms with Gasteiger partial charge in [0.1, 0.15) is 0 Å². The maximum Gasteiger partial charge on any atom is 0.310 e. The molecule has 0 saturated heterocycles. The summed E-state index contributed by atoms with van der Waals surface area (Å²) in [5.41, 5.74) is 2.10. The number of hydrogen-bond donors (Lipinski definition) is 1. The molecule has 1 amide bonds. The Labute approximate surface area is 166 Å². The van der Waals surface area contributed by atoms with Crippen molar-refractivity contribution in [2.45, 2.75) is 20.3 Å². The van der Waals surface area contributed by atoms with Gasteiger partial charge in [-0.05, 0) is 56.3 Å². The van der Waals surface area contributed by atoms with E-state index in [1.807, 2.05) is 19.1 Å². The molecule has 0 fully saturated rings. The Hall–Kier alpha value is -2.73. The number of carbonyl (C=O) groups is 3. The van der Waals surface area contributed by atoms with Crippen molar-refractivity contribution in [3.63, 3.8) is 0 Å². The van der Waals surface area contributed by atoms with Crippen molar-refractivity contribution >= 4 is 39.3 Å². The van der Waals surface area contributed by atoms with E-state index < -0.39 is 11.9 Å². The lowest BCUT2D eigenvalue weighted by Gasteiger charge is -2.09. The molecular formula is C21H20BrNO4. The highest BCUT2D eigenvalue weighted by Gasteiger charge is 2.17. The number of allylic oxidation sites excluding steroid dienone is 1. The van der Waals surface area contributed by atoms with Crippen LogP contribution in [0.2, 0.25) is 0 Å². The number of amides is 1. The number of ether oxygens (including phenoxy) is 1. The first-order chi connectivity index (χ1) is 12.9. The molecule has 0 unspecified atom stereocenters. The molecule has 1 N–H and O–H groups in total. The summed E-state index contributed by atoms with van der Waals surface area (Å²) >= 11 is 3.31. The Bertz CT molecular complexity index is 855. The molecule has 0 aromatic heterocycles. The summed E-state index contributed by atoms with van der Waals surface area (Å²) < 4.78 is 5.75. The summed E-state index contributed by atoms with van der Waals surface area (Å²) in [5.74, 6) is -1.44. The number of benzene rings is 2. The molecule has 0 saturated carbocycles. The van der Waals surface area contributed by atoms with Gasteiger partial charge in [0.05, 0.1) is 13.0 Å². The van der Waals surface area contributed by atoms with Gasteiger partial charge in [0.15, 0.2) is 5.78 Å². The summed E-state index contributed by atoms with van der Waals surface area (Å²) in [5, 5.41) is 2.71. The summed E-state index contributed by atoms with van der Waals surface area (Å²) in [7, 11) is 0. The molecule has 0 spiro atoms. The first-order valence-corrected chi connectivity index (χ1v) is 9.22. The first-order valence-electron chi connectivity index (χ1n) is 8.43. The lowest BCUT2D eigenvalue weighted by Crippen LogP contribution is -2.19. The molecule has 0 aliphatic rings. The van der Waals surface area contributed by atoms with Gasteiger partial charge >= 0.3 is 5.97 Å². The van der Waals surface area contributed by atoms with Gasteiger partial charge in [-0.1, -0.05) is 33.6 Å². The van der Waals surface area contributed by atoms with Crippen LogP contribution in [0.4, 0.5) is 5.69 Å². The molecule has 0 aliphatic heterocycles.